The summed E-state index contributed by atoms with van der Waals surface area (Å²) in [4.78, 5) is 10.5. The summed E-state index contributed by atoms with van der Waals surface area (Å²) in [6.45, 7) is 2.36. The lowest BCUT2D eigenvalue weighted by atomic mass is 10.1. The topological polar surface area (TPSA) is 104 Å². The standard InChI is InChI=1S/C25H23Cl2N5O3/c26-21-10-20(11-22(27)24(21)34)23-13-29-25(31-30-23)35-16-18-5-3-17(4-6-18)14-32(8-9-33)15-19-2-1-7-28-12-19/h1-7,10-13,33-34H,8-9,14-16H2. The summed E-state index contributed by atoms with van der Waals surface area (Å²) >= 11 is 11.9. The van der Waals surface area contributed by atoms with E-state index in [2.05, 4.69) is 25.1 Å². The molecule has 0 fully saturated rings. The number of nitrogens with zero attached hydrogens (tertiary/aromatic N) is 5. The molecule has 0 spiro atoms. The predicted molar refractivity (Wildman–Crippen MR) is 133 cm³/mol. The van der Waals surface area contributed by atoms with Crippen molar-refractivity contribution in [2.24, 2.45) is 0 Å². The molecule has 0 atom stereocenters. The normalized spacial score (nSPS) is 11.1. The monoisotopic (exact) mass is 511 g/mol. The summed E-state index contributed by atoms with van der Waals surface area (Å²) in [6, 6.07) is 15.2. The first kappa shape index (κ1) is 24.8. The minimum atomic E-state index is -0.182. The van der Waals surface area contributed by atoms with Crippen LogP contribution in [0.4, 0.5) is 0 Å². The fourth-order valence-electron chi connectivity index (χ4n) is 3.43. The van der Waals surface area contributed by atoms with E-state index >= 15 is 0 Å². The Bertz CT molecular complexity index is 1220. The summed E-state index contributed by atoms with van der Waals surface area (Å²) in [5.41, 5.74) is 4.21. The Morgan fingerprint density at radius 2 is 1.60 bits per heavy atom. The Morgan fingerprint density at radius 1 is 0.886 bits per heavy atom. The number of hydrogen-bond donors (Lipinski definition) is 2. The summed E-state index contributed by atoms with van der Waals surface area (Å²) in [7, 11) is 0. The van der Waals surface area contributed by atoms with E-state index in [1.165, 1.54) is 18.3 Å². The minimum absolute atomic E-state index is 0.0891. The number of halogens is 2. The average Bonchev–Trinajstić information content (AvgIpc) is 2.87. The average molecular weight is 512 g/mol. The fraction of sp³-hybridized carbons (Fsp3) is 0.200. The van der Waals surface area contributed by atoms with Crippen LogP contribution < -0.4 is 4.74 Å². The number of phenols is 1. The third-order valence-electron chi connectivity index (χ3n) is 5.20. The van der Waals surface area contributed by atoms with Crippen molar-refractivity contribution in [3.8, 4) is 23.0 Å². The van der Waals surface area contributed by atoms with Crippen molar-refractivity contribution in [1.29, 1.82) is 0 Å². The van der Waals surface area contributed by atoms with Crippen LogP contribution in [-0.4, -0.2) is 48.4 Å². The van der Waals surface area contributed by atoms with E-state index in [4.69, 9.17) is 27.9 Å². The largest absolute Gasteiger partial charge is 0.505 e. The zero-order valence-electron chi connectivity index (χ0n) is 18.7. The lowest BCUT2D eigenvalue weighted by molar-refractivity contribution is 0.184. The molecular weight excluding hydrogens is 489 g/mol. The van der Waals surface area contributed by atoms with Crippen LogP contribution in [-0.2, 0) is 19.7 Å². The molecule has 180 valence electrons. The number of aliphatic hydroxyl groups excluding tert-OH is 1. The molecule has 10 heteroatoms. The predicted octanol–water partition coefficient (Wildman–Crippen LogP) is 4.52. The van der Waals surface area contributed by atoms with Crippen LogP contribution in [0.15, 0.2) is 67.1 Å². The van der Waals surface area contributed by atoms with Gasteiger partial charge in [-0.3, -0.25) is 9.88 Å². The molecule has 2 N–H and O–H groups in total. The molecule has 0 bridgehead atoms. The van der Waals surface area contributed by atoms with Gasteiger partial charge in [-0.2, -0.15) is 0 Å². The molecule has 8 nitrogen and oxygen atoms in total. The summed E-state index contributed by atoms with van der Waals surface area (Å²) in [5, 5.41) is 27.5. The number of aromatic nitrogens is 4. The molecule has 2 heterocycles. The Labute approximate surface area is 212 Å². The van der Waals surface area contributed by atoms with Gasteiger partial charge in [-0.25, -0.2) is 4.98 Å². The van der Waals surface area contributed by atoms with Crippen LogP contribution in [0, 0.1) is 0 Å². The second kappa shape index (κ2) is 11.9. The minimum Gasteiger partial charge on any atom is -0.505 e. The van der Waals surface area contributed by atoms with E-state index in [0.717, 1.165) is 16.7 Å². The maximum atomic E-state index is 9.69. The summed E-state index contributed by atoms with van der Waals surface area (Å²) in [6.07, 6.45) is 5.09. The highest BCUT2D eigenvalue weighted by molar-refractivity contribution is 6.37. The van der Waals surface area contributed by atoms with Crippen molar-refractivity contribution in [2.45, 2.75) is 19.7 Å². The molecule has 35 heavy (non-hydrogen) atoms. The Balaban J connectivity index is 1.33. The zero-order valence-corrected chi connectivity index (χ0v) is 20.2. The fourth-order valence-corrected chi connectivity index (χ4v) is 3.92. The lowest BCUT2D eigenvalue weighted by Gasteiger charge is -2.21. The Hall–Kier alpha value is -3.30. The van der Waals surface area contributed by atoms with E-state index in [-0.39, 0.29) is 35.0 Å². The molecule has 4 rings (SSSR count). The van der Waals surface area contributed by atoms with Gasteiger partial charge in [-0.15, -0.1) is 5.10 Å². The molecule has 0 unspecified atom stereocenters. The molecular formula is C25H23Cl2N5O3. The Morgan fingerprint density at radius 3 is 2.23 bits per heavy atom. The van der Waals surface area contributed by atoms with Gasteiger partial charge >= 0.3 is 6.01 Å². The number of ether oxygens (including phenoxy) is 1. The van der Waals surface area contributed by atoms with Gasteiger partial charge < -0.3 is 14.9 Å². The highest BCUT2D eigenvalue weighted by Gasteiger charge is 2.11. The molecule has 0 amide bonds. The third-order valence-corrected chi connectivity index (χ3v) is 5.77. The van der Waals surface area contributed by atoms with Gasteiger partial charge in [0.05, 0.1) is 22.8 Å². The number of benzene rings is 2. The van der Waals surface area contributed by atoms with Crippen LogP contribution >= 0.6 is 23.2 Å². The van der Waals surface area contributed by atoms with Crippen LogP contribution in [0.1, 0.15) is 16.7 Å². The van der Waals surface area contributed by atoms with E-state index in [1.807, 2.05) is 42.6 Å². The van der Waals surface area contributed by atoms with Gasteiger partial charge in [0.25, 0.3) is 0 Å². The molecule has 0 saturated heterocycles. The molecule has 2 aromatic carbocycles. The van der Waals surface area contributed by atoms with Crippen molar-refractivity contribution in [3.05, 3.63) is 93.9 Å². The number of phenolic OH excluding ortho intramolecular Hbond substituents is 1. The lowest BCUT2D eigenvalue weighted by Crippen LogP contribution is -2.26. The first-order valence-corrected chi connectivity index (χ1v) is 11.6. The van der Waals surface area contributed by atoms with Crippen molar-refractivity contribution in [2.75, 3.05) is 13.2 Å². The summed E-state index contributed by atoms with van der Waals surface area (Å²) < 4.78 is 5.66. The van der Waals surface area contributed by atoms with E-state index in [1.54, 1.807) is 6.20 Å². The molecule has 0 aliphatic carbocycles. The van der Waals surface area contributed by atoms with Crippen LogP contribution in [0.2, 0.25) is 10.0 Å². The molecule has 0 radical (unpaired) electrons. The molecule has 2 aromatic heterocycles. The van der Waals surface area contributed by atoms with Gasteiger partial charge in [0.2, 0.25) is 0 Å². The van der Waals surface area contributed by atoms with E-state index in [0.29, 0.717) is 30.9 Å². The zero-order chi connectivity index (χ0) is 24.6. The second-order valence-corrected chi connectivity index (χ2v) is 8.63. The van der Waals surface area contributed by atoms with Crippen LogP contribution in [0.25, 0.3) is 11.3 Å². The van der Waals surface area contributed by atoms with Crippen LogP contribution in [0.5, 0.6) is 11.8 Å². The van der Waals surface area contributed by atoms with Crippen LogP contribution in [0.3, 0.4) is 0 Å². The van der Waals surface area contributed by atoms with Crippen molar-refractivity contribution in [1.82, 2.24) is 25.1 Å². The van der Waals surface area contributed by atoms with Gasteiger partial charge in [-0.1, -0.05) is 58.6 Å². The number of rotatable bonds is 10. The maximum absolute atomic E-state index is 9.69. The van der Waals surface area contributed by atoms with Gasteiger partial charge in [0.15, 0.2) is 5.75 Å². The number of pyridine rings is 1. The van der Waals surface area contributed by atoms with Gasteiger partial charge in [0.1, 0.15) is 12.3 Å². The molecule has 0 aliphatic heterocycles. The van der Waals surface area contributed by atoms with E-state index < -0.39 is 0 Å². The van der Waals surface area contributed by atoms with Gasteiger partial charge in [-0.05, 0) is 34.9 Å². The van der Waals surface area contributed by atoms with Crippen molar-refractivity contribution < 1.29 is 14.9 Å². The summed E-state index contributed by atoms with van der Waals surface area (Å²) in [5.74, 6) is -0.182. The first-order valence-electron chi connectivity index (χ1n) is 10.8. The number of hydrogen-bond acceptors (Lipinski definition) is 8. The smallest absolute Gasteiger partial charge is 0.336 e. The quantitative estimate of drug-likeness (QED) is 0.320. The number of aliphatic hydroxyl groups is 1. The Kier molecular flexibility index (Phi) is 8.44. The van der Waals surface area contributed by atoms with Gasteiger partial charge in [0, 0.05) is 37.6 Å². The van der Waals surface area contributed by atoms with Crippen molar-refractivity contribution >= 4 is 23.2 Å². The highest BCUT2D eigenvalue weighted by Crippen LogP contribution is 2.35. The maximum Gasteiger partial charge on any atom is 0.336 e. The van der Waals surface area contributed by atoms with Crippen molar-refractivity contribution in [3.63, 3.8) is 0 Å². The number of aromatic hydroxyl groups is 1. The van der Waals surface area contributed by atoms with E-state index in [9.17, 15) is 10.2 Å². The molecule has 4 aromatic rings. The first-order chi connectivity index (χ1) is 17.0. The third kappa shape index (κ3) is 6.86. The molecule has 0 aliphatic rings. The molecule has 0 saturated carbocycles. The highest BCUT2D eigenvalue weighted by atomic mass is 35.5. The SMILES string of the molecule is OCCN(Cc1ccc(COc2ncc(-c3cc(Cl)c(O)c(Cl)c3)nn2)cc1)Cc1cccnc1. The second-order valence-electron chi connectivity index (χ2n) is 7.82.